The smallest absolute Gasteiger partial charge is 0.145 e. The Labute approximate surface area is 166 Å². The number of benzene rings is 3. The van der Waals surface area contributed by atoms with E-state index in [1.54, 1.807) is 6.92 Å². The van der Waals surface area contributed by atoms with Crippen LogP contribution in [-0.4, -0.2) is 6.29 Å². The van der Waals surface area contributed by atoms with E-state index < -0.39 is 0 Å². The third-order valence-corrected chi connectivity index (χ3v) is 4.35. The first-order chi connectivity index (χ1) is 13.7. The molecule has 0 saturated carbocycles. The van der Waals surface area contributed by atoms with E-state index in [2.05, 4.69) is 0 Å². The minimum Gasteiger partial charge on any atom is -0.489 e. The van der Waals surface area contributed by atoms with Crippen molar-refractivity contribution >= 4 is 6.29 Å². The summed E-state index contributed by atoms with van der Waals surface area (Å²) in [5, 5.41) is 0. The van der Waals surface area contributed by atoms with Gasteiger partial charge in [0.15, 0.2) is 0 Å². The highest BCUT2D eigenvalue weighted by atomic mass is 16.5. The maximum Gasteiger partial charge on any atom is 0.145 e. The number of hydrogen-bond donors (Lipinski definition) is 0. The molecule has 0 unspecified atom stereocenters. The summed E-state index contributed by atoms with van der Waals surface area (Å²) in [6.45, 7) is 2.80. The number of carbonyl (C=O) groups excluding carboxylic acids is 1. The Morgan fingerprint density at radius 3 is 2.04 bits per heavy atom. The Balaban J connectivity index is 1.74. The molecule has 0 aliphatic rings. The van der Waals surface area contributed by atoms with Crippen LogP contribution in [0.3, 0.4) is 0 Å². The van der Waals surface area contributed by atoms with Crippen molar-refractivity contribution < 1.29 is 14.3 Å². The molecular weight excluding hydrogens is 348 g/mol. The fraction of sp³-hybridized carbons (Fsp3) is 0.160. The Morgan fingerprint density at radius 2 is 1.43 bits per heavy atom. The van der Waals surface area contributed by atoms with Crippen LogP contribution in [-0.2, 0) is 24.4 Å². The van der Waals surface area contributed by atoms with Crippen LogP contribution in [0.2, 0.25) is 0 Å². The van der Waals surface area contributed by atoms with E-state index >= 15 is 0 Å². The second-order valence-corrected chi connectivity index (χ2v) is 6.59. The van der Waals surface area contributed by atoms with E-state index in [4.69, 9.17) is 9.47 Å². The zero-order chi connectivity index (χ0) is 19.6. The molecule has 3 aromatic carbocycles. The highest BCUT2D eigenvalue weighted by Gasteiger charge is 2.07. The quantitative estimate of drug-likeness (QED) is 0.366. The number of rotatable bonds is 9. The van der Waals surface area contributed by atoms with Crippen molar-refractivity contribution in [1.82, 2.24) is 0 Å². The summed E-state index contributed by atoms with van der Waals surface area (Å²) in [4.78, 5) is 10.9. The van der Waals surface area contributed by atoms with Gasteiger partial charge in [-0.15, -0.1) is 0 Å². The van der Waals surface area contributed by atoms with Gasteiger partial charge < -0.3 is 9.47 Å². The first-order valence-corrected chi connectivity index (χ1v) is 9.33. The number of carbonyl (C=O) groups is 1. The predicted molar refractivity (Wildman–Crippen MR) is 112 cm³/mol. The first kappa shape index (κ1) is 19.4. The molecule has 0 aromatic heterocycles. The van der Waals surface area contributed by atoms with Crippen molar-refractivity contribution in [2.75, 3.05) is 0 Å². The minimum absolute atomic E-state index is 0.494. The maximum absolute atomic E-state index is 10.9. The third kappa shape index (κ3) is 5.85. The normalized spacial score (nSPS) is 11.1. The van der Waals surface area contributed by atoms with Gasteiger partial charge in [0.05, 0.1) is 0 Å². The minimum atomic E-state index is 0.494. The molecule has 0 bridgehead atoms. The van der Waals surface area contributed by atoms with Gasteiger partial charge in [0.25, 0.3) is 0 Å². The lowest BCUT2D eigenvalue weighted by molar-refractivity contribution is -0.104. The molecule has 0 N–H and O–H groups in total. The molecule has 0 heterocycles. The van der Waals surface area contributed by atoms with Gasteiger partial charge in [0.1, 0.15) is 31.0 Å². The molecule has 142 valence electrons. The maximum atomic E-state index is 10.9. The molecule has 0 saturated heterocycles. The summed E-state index contributed by atoms with van der Waals surface area (Å²) < 4.78 is 12.0. The van der Waals surface area contributed by atoms with Crippen LogP contribution in [0.5, 0.6) is 11.5 Å². The Bertz CT molecular complexity index is 915. The van der Waals surface area contributed by atoms with Gasteiger partial charge in [0.2, 0.25) is 0 Å². The predicted octanol–water partition coefficient (Wildman–Crippen LogP) is 5.53. The standard InChI is InChI=1S/C25H24O3/c1-20(17-26)12-13-23-16-24(27-18-21-8-4-2-5-9-21)14-15-25(23)28-19-22-10-6-3-7-11-22/h2-12,14-17H,13,18-19H2,1H3/b20-12+. The topological polar surface area (TPSA) is 35.5 Å². The van der Waals surface area contributed by atoms with E-state index in [0.29, 0.717) is 25.2 Å². The summed E-state index contributed by atoms with van der Waals surface area (Å²) in [6, 6.07) is 25.9. The van der Waals surface area contributed by atoms with Gasteiger partial charge in [-0.25, -0.2) is 0 Å². The van der Waals surface area contributed by atoms with Gasteiger partial charge >= 0.3 is 0 Å². The largest absolute Gasteiger partial charge is 0.489 e. The number of ether oxygens (including phenoxy) is 2. The van der Waals surface area contributed by atoms with Gasteiger partial charge in [-0.2, -0.15) is 0 Å². The van der Waals surface area contributed by atoms with Gasteiger partial charge in [0, 0.05) is 5.56 Å². The number of allylic oxidation sites excluding steroid dienone is 2. The van der Waals surface area contributed by atoms with Crippen LogP contribution in [0.25, 0.3) is 0 Å². The highest BCUT2D eigenvalue weighted by Crippen LogP contribution is 2.27. The summed E-state index contributed by atoms with van der Waals surface area (Å²) in [5.41, 5.74) is 3.91. The molecule has 0 aliphatic carbocycles. The van der Waals surface area contributed by atoms with Gasteiger partial charge in [-0.3, -0.25) is 4.79 Å². The van der Waals surface area contributed by atoms with Crippen molar-refractivity contribution in [2.24, 2.45) is 0 Å². The second-order valence-electron chi connectivity index (χ2n) is 6.59. The molecule has 28 heavy (non-hydrogen) atoms. The van der Waals surface area contributed by atoms with E-state index in [1.807, 2.05) is 84.9 Å². The van der Waals surface area contributed by atoms with Crippen LogP contribution in [0.1, 0.15) is 23.6 Å². The van der Waals surface area contributed by atoms with Crippen LogP contribution < -0.4 is 9.47 Å². The third-order valence-electron chi connectivity index (χ3n) is 4.35. The number of aldehydes is 1. The summed E-state index contributed by atoms with van der Waals surface area (Å²) in [5.74, 6) is 1.58. The molecule has 0 fully saturated rings. The molecule has 3 nitrogen and oxygen atoms in total. The van der Waals surface area contributed by atoms with Crippen molar-refractivity contribution in [3.05, 3.63) is 107 Å². The molecular formula is C25H24O3. The van der Waals surface area contributed by atoms with E-state index in [1.165, 1.54) is 0 Å². The molecule has 0 amide bonds. The molecule has 0 spiro atoms. The lowest BCUT2D eigenvalue weighted by atomic mass is 10.1. The van der Waals surface area contributed by atoms with Crippen molar-refractivity contribution in [3.8, 4) is 11.5 Å². The highest BCUT2D eigenvalue weighted by molar-refractivity contribution is 5.72. The number of hydrogen-bond acceptors (Lipinski definition) is 3. The molecule has 3 rings (SSSR count). The van der Waals surface area contributed by atoms with Crippen LogP contribution in [0, 0.1) is 0 Å². The fourth-order valence-electron chi connectivity index (χ4n) is 2.74. The van der Waals surface area contributed by atoms with Gasteiger partial charge in [-0.05, 0) is 48.2 Å². The first-order valence-electron chi connectivity index (χ1n) is 9.33. The molecule has 3 heteroatoms. The lowest BCUT2D eigenvalue weighted by Crippen LogP contribution is -2.00. The van der Waals surface area contributed by atoms with Crippen molar-refractivity contribution in [3.63, 3.8) is 0 Å². The Kier molecular flexibility index (Phi) is 7.02. The van der Waals surface area contributed by atoms with Crippen molar-refractivity contribution in [2.45, 2.75) is 26.6 Å². The summed E-state index contributed by atoms with van der Waals surface area (Å²) in [7, 11) is 0. The molecule has 0 atom stereocenters. The monoisotopic (exact) mass is 372 g/mol. The average molecular weight is 372 g/mol. The zero-order valence-electron chi connectivity index (χ0n) is 16.0. The van der Waals surface area contributed by atoms with Crippen molar-refractivity contribution in [1.29, 1.82) is 0 Å². The van der Waals surface area contributed by atoms with Crippen LogP contribution >= 0.6 is 0 Å². The molecule has 0 radical (unpaired) electrons. The van der Waals surface area contributed by atoms with E-state index in [-0.39, 0.29) is 0 Å². The van der Waals surface area contributed by atoms with E-state index in [9.17, 15) is 4.79 Å². The van der Waals surface area contributed by atoms with Crippen LogP contribution in [0.4, 0.5) is 0 Å². The molecule has 3 aromatic rings. The zero-order valence-corrected chi connectivity index (χ0v) is 16.0. The summed E-state index contributed by atoms with van der Waals surface area (Å²) in [6.07, 6.45) is 3.37. The van der Waals surface area contributed by atoms with Gasteiger partial charge in [-0.1, -0.05) is 66.7 Å². The molecule has 0 aliphatic heterocycles. The average Bonchev–Trinajstić information content (AvgIpc) is 2.76. The SMILES string of the molecule is C/C(C=O)=C\Cc1cc(OCc2ccccc2)ccc1OCc1ccccc1. The van der Waals surface area contributed by atoms with Crippen LogP contribution in [0.15, 0.2) is 90.5 Å². The second kappa shape index (κ2) is 10.1. The van der Waals surface area contributed by atoms with E-state index in [0.717, 1.165) is 34.5 Å². The Hall–Kier alpha value is -3.33. The fourth-order valence-corrected chi connectivity index (χ4v) is 2.74. The summed E-state index contributed by atoms with van der Waals surface area (Å²) >= 11 is 0. The lowest BCUT2D eigenvalue weighted by Gasteiger charge is -2.13. The Morgan fingerprint density at radius 1 is 0.821 bits per heavy atom.